The van der Waals surface area contributed by atoms with Crippen LogP contribution in [-0.4, -0.2) is 81.4 Å². The van der Waals surface area contributed by atoms with Gasteiger partial charge >= 0.3 is 6.09 Å². The Balaban J connectivity index is 1.17. The highest BCUT2D eigenvalue weighted by Gasteiger charge is 2.50. The van der Waals surface area contributed by atoms with Crippen molar-refractivity contribution in [2.24, 2.45) is 5.41 Å². The van der Waals surface area contributed by atoms with Crippen LogP contribution in [0.15, 0.2) is 18.3 Å². The van der Waals surface area contributed by atoms with Crippen molar-refractivity contribution in [1.82, 2.24) is 30.0 Å². The first-order valence-corrected chi connectivity index (χ1v) is 16.5. The zero-order valence-electron chi connectivity index (χ0n) is 27.2. The third-order valence-electron chi connectivity index (χ3n) is 9.71. The van der Waals surface area contributed by atoms with E-state index in [1.165, 1.54) is 0 Å². The summed E-state index contributed by atoms with van der Waals surface area (Å²) in [5.41, 5.74) is 2.58. The van der Waals surface area contributed by atoms with Gasteiger partial charge in [-0.1, -0.05) is 6.57 Å². The summed E-state index contributed by atoms with van der Waals surface area (Å²) in [6.07, 6.45) is 7.54. The molecule has 0 aliphatic carbocycles. The summed E-state index contributed by atoms with van der Waals surface area (Å²) in [5, 5.41) is 8.24. The summed E-state index contributed by atoms with van der Waals surface area (Å²) < 4.78 is 19.8. The smallest absolute Gasteiger partial charge is 0.407 e. The molecule has 7 rings (SSSR count). The molecule has 3 atom stereocenters. The largest absolute Gasteiger partial charge is 0.444 e. The number of alkyl carbamates (subject to hydrolysis) is 1. The number of fused-ring (bicyclic) bond motifs is 2. The number of rotatable bonds is 4. The van der Waals surface area contributed by atoms with Crippen molar-refractivity contribution < 1.29 is 19.0 Å². The van der Waals surface area contributed by atoms with Crippen LogP contribution < -0.4 is 15.1 Å². The Labute approximate surface area is 269 Å². The number of aryl methyl sites for hydroxylation is 1. The summed E-state index contributed by atoms with van der Waals surface area (Å²) in [7, 11) is 0. The van der Waals surface area contributed by atoms with Gasteiger partial charge in [-0.3, -0.25) is 0 Å². The number of aromatic nitrogens is 5. The van der Waals surface area contributed by atoms with Crippen LogP contribution in [0.4, 0.5) is 27.9 Å². The summed E-state index contributed by atoms with van der Waals surface area (Å²) in [6, 6.07) is 3.61. The van der Waals surface area contributed by atoms with Gasteiger partial charge in [0, 0.05) is 38.1 Å². The molecule has 0 aromatic carbocycles. The van der Waals surface area contributed by atoms with Gasteiger partial charge in [-0.15, -0.1) is 10.1 Å². The van der Waals surface area contributed by atoms with Gasteiger partial charge in [0.15, 0.2) is 28.9 Å². The topological polar surface area (TPSA) is 124 Å². The lowest BCUT2D eigenvalue weighted by Crippen LogP contribution is -2.55. The lowest BCUT2D eigenvalue weighted by atomic mass is 9.73. The van der Waals surface area contributed by atoms with Crippen LogP contribution in [0.5, 0.6) is 0 Å². The van der Waals surface area contributed by atoms with Gasteiger partial charge < -0.3 is 34.2 Å². The van der Waals surface area contributed by atoms with E-state index in [-0.39, 0.29) is 23.8 Å². The molecule has 1 unspecified atom stereocenters. The van der Waals surface area contributed by atoms with Gasteiger partial charge in [-0.05, 0) is 78.4 Å². The van der Waals surface area contributed by atoms with E-state index in [9.17, 15) is 4.79 Å². The maximum Gasteiger partial charge on any atom is 0.407 e. The predicted molar refractivity (Wildman–Crippen MR) is 172 cm³/mol. The van der Waals surface area contributed by atoms with Crippen LogP contribution in [0.2, 0.25) is 0 Å². The molecule has 4 aliphatic rings. The minimum Gasteiger partial charge on any atom is -0.444 e. The third-order valence-corrected chi connectivity index (χ3v) is 9.71. The van der Waals surface area contributed by atoms with Crippen molar-refractivity contribution in [2.45, 2.75) is 96.6 Å². The average Bonchev–Trinajstić information content (AvgIpc) is 3.57. The molecule has 1 N–H and O–H groups in total. The quantitative estimate of drug-likeness (QED) is 0.373. The number of amides is 1. The fraction of sp³-hybridized carbons (Fsp3) is 0.636. The lowest BCUT2D eigenvalue weighted by molar-refractivity contribution is -0.0368. The zero-order chi connectivity index (χ0) is 32.1. The highest BCUT2D eigenvalue weighted by atomic mass is 16.6. The third kappa shape index (κ3) is 5.73. The molecular formula is C33H43N9O4. The Hall–Kier alpha value is -4.02. The van der Waals surface area contributed by atoms with Gasteiger partial charge in [0.2, 0.25) is 0 Å². The first-order valence-electron chi connectivity index (χ1n) is 16.5. The number of ether oxygens (including phenoxy) is 3. The number of nitrogens with zero attached hydrogens (tertiary/aromatic N) is 8. The molecule has 3 saturated heterocycles. The standard InChI is InChI=1S/C33H43N9O4/c1-21-28(38-31(43)46-32(2,3)4)33(20-45-21)13-16-40(17-14-33)25-19-35-27-29(37-25)42(26-10-6-7-18-44-26)39-30(27)41-15-8-9-22-23(41)11-12-24(34-5)36-22/h11-12,19,21,26,28H,6-10,13-18,20H2,1-4H3,(H,38,43)/t21-,26?,28+/m0/s1. The molecule has 244 valence electrons. The van der Waals surface area contributed by atoms with E-state index < -0.39 is 11.7 Å². The van der Waals surface area contributed by atoms with E-state index in [4.69, 9.17) is 35.8 Å². The molecule has 3 fully saturated rings. The number of hydrogen-bond donors (Lipinski definition) is 1. The normalized spacial score (nSPS) is 24.5. The lowest BCUT2D eigenvalue weighted by Gasteiger charge is -2.42. The van der Waals surface area contributed by atoms with E-state index in [1.54, 1.807) is 6.07 Å². The SMILES string of the molecule is [C-]#[N+]c1ccc2c(n1)CCCN2c1nn(C2CCCCO2)c2nc(N3CCC4(CC3)CO[C@@H](C)[C@H]4NC(=O)OC(C)(C)C)cnc12. The molecule has 0 radical (unpaired) electrons. The zero-order valence-corrected chi connectivity index (χ0v) is 27.2. The fourth-order valence-corrected chi connectivity index (χ4v) is 7.38. The van der Waals surface area contributed by atoms with Gasteiger partial charge in [0.05, 0.1) is 30.6 Å². The van der Waals surface area contributed by atoms with Crippen molar-refractivity contribution in [1.29, 1.82) is 0 Å². The van der Waals surface area contributed by atoms with Crippen molar-refractivity contribution in [3.8, 4) is 0 Å². The Morgan fingerprint density at radius 3 is 2.70 bits per heavy atom. The summed E-state index contributed by atoms with van der Waals surface area (Å²) in [6.45, 7) is 18.6. The van der Waals surface area contributed by atoms with Gasteiger partial charge in [-0.2, -0.15) is 0 Å². The Morgan fingerprint density at radius 1 is 1.13 bits per heavy atom. The number of anilines is 3. The molecule has 1 amide bonds. The monoisotopic (exact) mass is 629 g/mol. The van der Waals surface area contributed by atoms with Crippen LogP contribution in [0.1, 0.15) is 78.1 Å². The number of pyridine rings is 1. The van der Waals surface area contributed by atoms with Crippen molar-refractivity contribution in [2.75, 3.05) is 42.6 Å². The van der Waals surface area contributed by atoms with E-state index >= 15 is 0 Å². The maximum atomic E-state index is 12.7. The summed E-state index contributed by atoms with van der Waals surface area (Å²) in [4.78, 5) is 35.5. The van der Waals surface area contributed by atoms with Gasteiger partial charge in [-0.25, -0.2) is 19.4 Å². The Bertz CT molecular complexity index is 1650. The average molecular weight is 630 g/mol. The fourth-order valence-electron chi connectivity index (χ4n) is 7.38. The molecule has 0 saturated carbocycles. The molecule has 1 spiro atoms. The number of nitrogens with one attached hydrogen (secondary N) is 1. The molecule has 46 heavy (non-hydrogen) atoms. The van der Waals surface area contributed by atoms with Crippen molar-refractivity contribution >= 4 is 40.4 Å². The molecule has 0 bridgehead atoms. The molecular weight excluding hydrogens is 586 g/mol. The molecule has 13 heteroatoms. The predicted octanol–water partition coefficient (Wildman–Crippen LogP) is 5.45. The van der Waals surface area contributed by atoms with E-state index in [1.807, 2.05) is 44.6 Å². The second-order valence-corrected chi connectivity index (χ2v) is 14.0. The first-order chi connectivity index (χ1) is 22.1. The highest BCUT2D eigenvalue weighted by molar-refractivity contribution is 5.88. The second kappa shape index (κ2) is 12.0. The molecule has 7 heterocycles. The van der Waals surface area contributed by atoms with E-state index in [0.29, 0.717) is 24.7 Å². The van der Waals surface area contributed by atoms with Crippen LogP contribution >= 0.6 is 0 Å². The Kier molecular flexibility index (Phi) is 7.97. The van der Waals surface area contributed by atoms with Crippen molar-refractivity contribution in [3.63, 3.8) is 0 Å². The first kappa shape index (κ1) is 30.6. The van der Waals surface area contributed by atoms with Gasteiger partial charge in [0.25, 0.3) is 5.82 Å². The van der Waals surface area contributed by atoms with Gasteiger partial charge in [0.1, 0.15) is 11.4 Å². The minimum absolute atomic E-state index is 0.0958. The molecule has 13 nitrogen and oxygen atoms in total. The number of carbonyl (C=O) groups excluding carboxylic acids is 1. The molecule has 3 aromatic heterocycles. The number of hydrogen-bond acceptors (Lipinski definition) is 10. The van der Waals surface area contributed by atoms with Crippen LogP contribution in [0.25, 0.3) is 16.0 Å². The summed E-state index contributed by atoms with van der Waals surface area (Å²) in [5.74, 6) is 1.95. The number of carbonyl (C=O) groups is 1. The number of piperidine rings is 1. The second-order valence-electron chi connectivity index (χ2n) is 14.0. The van der Waals surface area contributed by atoms with E-state index in [2.05, 4.69) is 24.9 Å². The van der Waals surface area contributed by atoms with Crippen LogP contribution in [0, 0.1) is 12.0 Å². The maximum absolute atomic E-state index is 12.7. The Morgan fingerprint density at radius 2 is 1.96 bits per heavy atom. The molecule has 4 aliphatic heterocycles. The highest BCUT2D eigenvalue weighted by Crippen LogP contribution is 2.44. The van der Waals surface area contributed by atoms with E-state index in [0.717, 1.165) is 93.1 Å². The summed E-state index contributed by atoms with van der Waals surface area (Å²) >= 11 is 0. The van der Waals surface area contributed by atoms with Crippen molar-refractivity contribution in [3.05, 3.63) is 35.4 Å². The minimum atomic E-state index is -0.564. The molecule has 3 aromatic rings. The van der Waals surface area contributed by atoms with Crippen LogP contribution in [0.3, 0.4) is 0 Å². The van der Waals surface area contributed by atoms with Crippen LogP contribution in [-0.2, 0) is 20.6 Å².